The van der Waals surface area contributed by atoms with Crippen molar-refractivity contribution in [3.63, 3.8) is 0 Å². The molecule has 0 radical (unpaired) electrons. The van der Waals surface area contributed by atoms with Crippen molar-refractivity contribution in [2.45, 2.75) is 52.5 Å². The van der Waals surface area contributed by atoms with E-state index in [2.05, 4.69) is 63.3 Å². The fraction of sp³-hybridized carbons (Fsp3) is 0.684. The van der Waals surface area contributed by atoms with Crippen molar-refractivity contribution >= 4 is 5.69 Å². The van der Waals surface area contributed by atoms with Crippen LogP contribution >= 0.6 is 0 Å². The van der Waals surface area contributed by atoms with Gasteiger partial charge in [-0.05, 0) is 75.3 Å². The molecule has 0 saturated heterocycles. The summed E-state index contributed by atoms with van der Waals surface area (Å²) < 4.78 is 0. The second kappa shape index (κ2) is 7.31. The van der Waals surface area contributed by atoms with E-state index < -0.39 is 0 Å². The highest BCUT2D eigenvalue weighted by Gasteiger charge is 2.29. The highest BCUT2D eigenvalue weighted by Crippen LogP contribution is 2.32. The van der Waals surface area contributed by atoms with E-state index in [1.807, 2.05) is 0 Å². The molecule has 1 fully saturated rings. The summed E-state index contributed by atoms with van der Waals surface area (Å²) >= 11 is 0. The largest absolute Gasteiger partial charge is 0.374 e. The molecule has 1 aliphatic rings. The van der Waals surface area contributed by atoms with Crippen molar-refractivity contribution < 1.29 is 0 Å². The minimum Gasteiger partial charge on any atom is -0.374 e. The van der Waals surface area contributed by atoms with Gasteiger partial charge in [-0.15, -0.1) is 0 Å². The number of benzene rings is 1. The first-order chi connectivity index (χ1) is 10.0. The molecule has 1 aliphatic carbocycles. The molecule has 1 N–H and O–H groups in total. The Labute approximate surface area is 130 Å². The summed E-state index contributed by atoms with van der Waals surface area (Å²) in [5.74, 6) is 1.69. The lowest BCUT2D eigenvalue weighted by atomic mass is 9.76. The minimum absolute atomic E-state index is 0.682. The Kier molecular flexibility index (Phi) is 5.69. The van der Waals surface area contributed by atoms with Gasteiger partial charge in [0.05, 0.1) is 0 Å². The second-order valence-corrected chi connectivity index (χ2v) is 6.97. The third-order valence-electron chi connectivity index (χ3n) is 5.19. The van der Waals surface area contributed by atoms with Crippen molar-refractivity contribution in [3.05, 3.63) is 29.3 Å². The summed E-state index contributed by atoms with van der Waals surface area (Å²) in [5.41, 5.74) is 4.08. The molecule has 2 nitrogen and oxygen atoms in total. The van der Waals surface area contributed by atoms with Crippen molar-refractivity contribution in [2.75, 3.05) is 25.5 Å². The fourth-order valence-corrected chi connectivity index (χ4v) is 3.94. The SMILES string of the molecule is CCC1CCC(NC)C(CN(C)c2cc(C)cc(C)c2)C1. The molecular weight excluding hydrogens is 256 g/mol. The second-order valence-electron chi connectivity index (χ2n) is 6.97. The third-order valence-corrected chi connectivity index (χ3v) is 5.19. The molecule has 1 aromatic rings. The predicted octanol–water partition coefficient (Wildman–Crippen LogP) is 4.15. The summed E-state index contributed by atoms with van der Waals surface area (Å²) in [6.07, 6.45) is 5.43. The van der Waals surface area contributed by atoms with Gasteiger partial charge >= 0.3 is 0 Å². The molecule has 3 unspecified atom stereocenters. The van der Waals surface area contributed by atoms with Crippen LogP contribution in [0.25, 0.3) is 0 Å². The summed E-state index contributed by atoms with van der Waals surface area (Å²) in [5, 5.41) is 3.55. The molecule has 0 aromatic heterocycles. The topological polar surface area (TPSA) is 15.3 Å². The van der Waals surface area contributed by atoms with Gasteiger partial charge in [-0.25, -0.2) is 0 Å². The zero-order valence-electron chi connectivity index (χ0n) is 14.4. The summed E-state index contributed by atoms with van der Waals surface area (Å²) in [6.45, 7) is 7.88. The first-order valence-electron chi connectivity index (χ1n) is 8.50. The van der Waals surface area contributed by atoms with Crippen LogP contribution in [-0.4, -0.2) is 26.7 Å². The lowest BCUT2D eigenvalue weighted by Crippen LogP contribution is -2.44. The molecule has 2 heteroatoms. The van der Waals surface area contributed by atoms with Crippen LogP contribution in [0.4, 0.5) is 5.69 Å². The van der Waals surface area contributed by atoms with E-state index in [0.29, 0.717) is 6.04 Å². The molecule has 21 heavy (non-hydrogen) atoms. The smallest absolute Gasteiger partial charge is 0.0369 e. The van der Waals surface area contributed by atoms with E-state index in [0.717, 1.165) is 18.4 Å². The van der Waals surface area contributed by atoms with E-state index in [-0.39, 0.29) is 0 Å². The molecule has 2 rings (SSSR count). The van der Waals surface area contributed by atoms with Crippen LogP contribution in [0.3, 0.4) is 0 Å². The Morgan fingerprint density at radius 1 is 1.14 bits per heavy atom. The summed E-state index contributed by atoms with van der Waals surface area (Å²) in [7, 11) is 4.37. The van der Waals surface area contributed by atoms with Crippen molar-refractivity contribution in [2.24, 2.45) is 11.8 Å². The number of hydrogen-bond donors (Lipinski definition) is 1. The lowest BCUT2D eigenvalue weighted by Gasteiger charge is -2.38. The van der Waals surface area contributed by atoms with Gasteiger partial charge in [0.2, 0.25) is 0 Å². The molecule has 0 amide bonds. The minimum atomic E-state index is 0.682. The maximum Gasteiger partial charge on any atom is 0.0369 e. The maximum absolute atomic E-state index is 3.55. The molecule has 1 aromatic carbocycles. The summed E-state index contributed by atoms with van der Waals surface area (Å²) in [6, 6.07) is 7.55. The number of nitrogens with one attached hydrogen (secondary N) is 1. The first kappa shape index (κ1) is 16.4. The first-order valence-corrected chi connectivity index (χ1v) is 8.50. The zero-order valence-corrected chi connectivity index (χ0v) is 14.4. The molecule has 0 aliphatic heterocycles. The lowest BCUT2D eigenvalue weighted by molar-refractivity contribution is 0.210. The highest BCUT2D eigenvalue weighted by molar-refractivity contribution is 5.50. The van der Waals surface area contributed by atoms with E-state index in [4.69, 9.17) is 0 Å². The average Bonchev–Trinajstić information content (AvgIpc) is 2.46. The molecule has 0 bridgehead atoms. The van der Waals surface area contributed by atoms with Crippen LogP contribution in [0.1, 0.15) is 43.7 Å². The van der Waals surface area contributed by atoms with E-state index in [1.54, 1.807) is 0 Å². The molecular formula is C19H32N2. The molecule has 1 saturated carbocycles. The normalized spacial score (nSPS) is 25.9. The van der Waals surface area contributed by atoms with Gasteiger partial charge in [-0.3, -0.25) is 0 Å². The molecule has 0 spiro atoms. The zero-order chi connectivity index (χ0) is 15.4. The van der Waals surface area contributed by atoms with Crippen LogP contribution in [0, 0.1) is 25.7 Å². The standard InChI is InChI=1S/C19H32N2/c1-6-16-7-8-19(20-4)17(12-16)13-21(5)18-10-14(2)9-15(3)11-18/h9-11,16-17,19-20H,6-8,12-13H2,1-5H3. The average molecular weight is 288 g/mol. The monoisotopic (exact) mass is 288 g/mol. The predicted molar refractivity (Wildman–Crippen MR) is 93.2 cm³/mol. The van der Waals surface area contributed by atoms with Gasteiger partial charge in [0.1, 0.15) is 0 Å². The van der Waals surface area contributed by atoms with Gasteiger partial charge in [0.15, 0.2) is 0 Å². The maximum atomic E-state index is 3.55. The number of hydrogen-bond acceptors (Lipinski definition) is 2. The van der Waals surface area contributed by atoms with Gasteiger partial charge in [0, 0.05) is 25.3 Å². The number of nitrogens with zero attached hydrogens (tertiary/aromatic N) is 1. The number of rotatable bonds is 5. The van der Waals surface area contributed by atoms with Crippen LogP contribution < -0.4 is 10.2 Å². The Bertz CT molecular complexity index is 435. The van der Waals surface area contributed by atoms with Gasteiger partial charge < -0.3 is 10.2 Å². The van der Waals surface area contributed by atoms with E-state index >= 15 is 0 Å². The number of anilines is 1. The van der Waals surface area contributed by atoms with Crippen LogP contribution in [-0.2, 0) is 0 Å². The van der Waals surface area contributed by atoms with Crippen molar-refractivity contribution in [1.29, 1.82) is 0 Å². The van der Waals surface area contributed by atoms with Gasteiger partial charge in [-0.2, -0.15) is 0 Å². The molecule has 0 heterocycles. The molecule has 118 valence electrons. The van der Waals surface area contributed by atoms with E-state index in [9.17, 15) is 0 Å². The van der Waals surface area contributed by atoms with Crippen LogP contribution in [0.2, 0.25) is 0 Å². The van der Waals surface area contributed by atoms with Crippen molar-refractivity contribution in [3.8, 4) is 0 Å². The van der Waals surface area contributed by atoms with Crippen LogP contribution in [0.15, 0.2) is 18.2 Å². The van der Waals surface area contributed by atoms with E-state index in [1.165, 1.54) is 42.5 Å². The van der Waals surface area contributed by atoms with Crippen molar-refractivity contribution in [1.82, 2.24) is 5.32 Å². The van der Waals surface area contributed by atoms with Crippen LogP contribution in [0.5, 0.6) is 0 Å². The van der Waals surface area contributed by atoms with Gasteiger partial charge in [-0.1, -0.05) is 19.4 Å². The summed E-state index contributed by atoms with van der Waals surface area (Å²) in [4.78, 5) is 2.45. The fourth-order valence-electron chi connectivity index (χ4n) is 3.94. The third kappa shape index (κ3) is 4.23. The number of aryl methyl sites for hydroxylation is 2. The highest BCUT2D eigenvalue weighted by atomic mass is 15.1. The van der Waals surface area contributed by atoms with Gasteiger partial charge in [0.25, 0.3) is 0 Å². The quantitative estimate of drug-likeness (QED) is 0.875. The molecule has 3 atom stereocenters. The Hall–Kier alpha value is -1.02. The Balaban J connectivity index is 2.06. The Morgan fingerprint density at radius 3 is 2.38 bits per heavy atom. The Morgan fingerprint density at radius 2 is 1.81 bits per heavy atom.